The van der Waals surface area contributed by atoms with Crippen molar-refractivity contribution in [2.75, 3.05) is 18.6 Å². The number of anilines is 1. The summed E-state index contributed by atoms with van der Waals surface area (Å²) in [5.74, 6) is 1.63. The summed E-state index contributed by atoms with van der Waals surface area (Å²) in [6.45, 7) is 0.724. The van der Waals surface area contributed by atoms with Crippen molar-refractivity contribution in [3.63, 3.8) is 0 Å². The van der Waals surface area contributed by atoms with E-state index in [2.05, 4.69) is 24.3 Å². The number of carbonyl (C=O) groups is 1. The van der Waals surface area contributed by atoms with Crippen molar-refractivity contribution >= 4 is 11.6 Å². The van der Waals surface area contributed by atoms with Gasteiger partial charge < -0.3 is 9.64 Å². The van der Waals surface area contributed by atoms with E-state index in [-0.39, 0.29) is 5.91 Å². The quantitative estimate of drug-likeness (QED) is 0.852. The fraction of sp³-hybridized carbons (Fsp3) is 0.350. The molecule has 1 aliphatic carbocycles. The van der Waals surface area contributed by atoms with Crippen LogP contribution >= 0.6 is 0 Å². The number of hydrogen-bond donors (Lipinski definition) is 0. The molecule has 3 heteroatoms. The van der Waals surface area contributed by atoms with E-state index in [0.29, 0.717) is 0 Å². The summed E-state index contributed by atoms with van der Waals surface area (Å²) in [6, 6.07) is 14.3. The third-order valence-electron chi connectivity index (χ3n) is 5.17. The van der Waals surface area contributed by atoms with E-state index in [1.54, 1.807) is 7.11 Å². The molecule has 0 N–H and O–H groups in total. The van der Waals surface area contributed by atoms with E-state index >= 15 is 0 Å². The van der Waals surface area contributed by atoms with E-state index in [1.165, 1.54) is 24.8 Å². The van der Waals surface area contributed by atoms with Crippen LogP contribution in [0.15, 0.2) is 42.5 Å². The Morgan fingerprint density at radius 3 is 2.52 bits per heavy atom. The van der Waals surface area contributed by atoms with Crippen LogP contribution < -0.4 is 9.64 Å². The Bertz CT molecular complexity index is 732. The van der Waals surface area contributed by atoms with Crippen LogP contribution in [-0.4, -0.2) is 19.6 Å². The average Bonchev–Trinajstić information content (AvgIpc) is 2.54. The van der Waals surface area contributed by atoms with Crippen molar-refractivity contribution in [3.8, 4) is 5.75 Å². The fourth-order valence-corrected chi connectivity index (χ4v) is 3.51. The molecule has 118 valence electrons. The predicted octanol–water partition coefficient (Wildman–Crippen LogP) is 4.17. The highest BCUT2D eigenvalue weighted by Gasteiger charge is 2.26. The van der Waals surface area contributed by atoms with Gasteiger partial charge in [-0.25, -0.2) is 0 Å². The molecule has 2 aromatic rings. The molecule has 1 fully saturated rings. The third kappa shape index (κ3) is 2.50. The van der Waals surface area contributed by atoms with Gasteiger partial charge in [0, 0.05) is 17.8 Å². The van der Waals surface area contributed by atoms with Gasteiger partial charge in [-0.1, -0.05) is 18.6 Å². The van der Waals surface area contributed by atoms with Gasteiger partial charge in [0.25, 0.3) is 5.91 Å². The second-order valence-electron chi connectivity index (χ2n) is 6.45. The molecule has 1 amide bonds. The van der Waals surface area contributed by atoms with Gasteiger partial charge in [-0.3, -0.25) is 4.79 Å². The highest BCUT2D eigenvalue weighted by molar-refractivity contribution is 6.08. The maximum Gasteiger partial charge on any atom is 0.258 e. The van der Waals surface area contributed by atoms with Crippen LogP contribution in [-0.2, 0) is 6.42 Å². The molecule has 0 unspecified atom stereocenters. The molecule has 1 heterocycles. The number of rotatable bonds is 3. The standard InChI is InChI=1S/C20H21NO2/c1-23-18-9-10-19-16(13-18)11-12-21(20(19)22)17-7-5-15(6-8-17)14-3-2-4-14/h5-10,13-14H,2-4,11-12H2,1H3. The Morgan fingerprint density at radius 2 is 1.87 bits per heavy atom. The second-order valence-corrected chi connectivity index (χ2v) is 6.45. The summed E-state index contributed by atoms with van der Waals surface area (Å²) in [6.07, 6.45) is 4.81. The largest absolute Gasteiger partial charge is 0.497 e. The fourth-order valence-electron chi connectivity index (χ4n) is 3.51. The smallest absolute Gasteiger partial charge is 0.258 e. The van der Waals surface area contributed by atoms with E-state index in [1.807, 2.05) is 23.1 Å². The molecule has 23 heavy (non-hydrogen) atoms. The SMILES string of the molecule is COc1ccc2c(c1)CCN(c1ccc(C3CCC3)cc1)C2=O. The summed E-state index contributed by atoms with van der Waals surface area (Å²) in [5, 5.41) is 0. The molecular weight excluding hydrogens is 286 g/mol. The van der Waals surface area contributed by atoms with Crippen molar-refractivity contribution in [3.05, 3.63) is 59.2 Å². The Labute approximate surface area is 136 Å². The summed E-state index contributed by atoms with van der Waals surface area (Å²) in [7, 11) is 1.66. The summed E-state index contributed by atoms with van der Waals surface area (Å²) >= 11 is 0. The number of nitrogens with zero attached hydrogens (tertiary/aromatic N) is 1. The molecule has 4 rings (SSSR count). The molecule has 2 aliphatic rings. The summed E-state index contributed by atoms with van der Waals surface area (Å²) in [5.41, 5.74) is 4.28. The highest BCUT2D eigenvalue weighted by Crippen LogP contribution is 2.37. The second kappa shape index (κ2) is 5.73. The number of fused-ring (bicyclic) bond motifs is 1. The summed E-state index contributed by atoms with van der Waals surface area (Å²) < 4.78 is 5.25. The van der Waals surface area contributed by atoms with Crippen LogP contribution in [0.3, 0.4) is 0 Å². The maximum atomic E-state index is 12.8. The average molecular weight is 307 g/mol. The van der Waals surface area contributed by atoms with Crippen LogP contribution in [0.2, 0.25) is 0 Å². The van der Waals surface area contributed by atoms with Crippen LogP contribution in [0.5, 0.6) is 5.75 Å². The molecular formula is C20H21NO2. The van der Waals surface area contributed by atoms with Gasteiger partial charge in [-0.15, -0.1) is 0 Å². The van der Waals surface area contributed by atoms with E-state index in [4.69, 9.17) is 4.74 Å². The topological polar surface area (TPSA) is 29.5 Å². The predicted molar refractivity (Wildman–Crippen MR) is 91.4 cm³/mol. The van der Waals surface area contributed by atoms with E-state index in [9.17, 15) is 4.79 Å². The molecule has 0 aromatic heterocycles. The Hall–Kier alpha value is -2.29. The first-order valence-corrected chi connectivity index (χ1v) is 8.35. The minimum absolute atomic E-state index is 0.0882. The van der Waals surface area contributed by atoms with E-state index in [0.717, 1.165) is 41.4 Å². The summed E-state index contributed by atoms with van der Waals surface area (Å²) in [4.78, 5) is 14.7. The van der Waals surface area contributed by atoms with Gasteiger partial charge in [0.05, 0.1) is 7.11 Å². The highest BCUT2D eigenvalue weighted by atomic mass is 16.5. The minimum Gasteiger partial charge on any atom is -0.497 e. The van der Waals surface area contributed by atoms with Crippen LogP contribution in [0.25, 0.3) is 0 Å². The first kappa shape index (κ1) is 14.3. The number of benzene rings is 2. The van der Waals surface area contributed by atoms with Gasteiger partial charge in [0.15, 0.2) is 0 Å². The van der Waals surface area contributed by atoms with Crippen LogP contribution in [0.1, 0.15) is 46.7 Å². The van der Waals surface area contributed by atoms with Crippen molar-refractivity contribution in [2.24, 2.45) is 0 Å². The van der Waals surface area contributed by atoms with Crippen LogP contribution in [0, 0.1) is 0 Å². The van der Waals surface area contributed by atoms with E-state index < -0.39 is 0 Å². The van der Waals surface area contributed by atoms with Gasteiger partial charge in [-0.2, -0.15) is 0 Å². The molecule has 1 saturated carbocycles. The molecule has 1 aliphatic heterocycles. The minimum atomic E-state index is 0.0882. The van der Waals surface area contributed by atoms with Crippen molar-refractivity contribution in [2.45, 2.75) is 31.6 Å². The number of amides is 1. The van der Waals surface area contributed by atoms with Crippen molar-refractivity contribution in [1.82, 2.24) is 0 Å². The molecule has 0 bridgehead atoms. The molecule has 0 spiro atoms. The monoisotopic (exact) mass is 307 g/mol. The lowest BCUT2D eigenvalue weighted by molar-refractivity contribution is 0.0980. The zero-order chi connectivity index (χ0) is 15.8. The maximum absolute atomic E-state index is 12.8. The normalized spacial score (nSPS) is 17.6. The first-order chi connectivity index (χ1) is 11.3. The molecule has 0 saturated heterocycles. The lowest BCUT2D eigenvalue weighted by Crippen LogP contribution is -2.37. The molecule has 0 radical (unpaired) electrons. The van der Waals surface area contributed by atoms with Gasteiger partial charge in [0.2, 0.25) is 0 Å². The zero-order valence-corrected chi connectivity index (χ0v) is 13.4. The molecule has 0 atom stereocenters. The third-order valence-corrected chi connectivity index (χ3v) is 5.17. The van der Waals surface area contributed by atoms with Crippen LogP contribution in [0.4, 0.5) is 5.69 Å². The lowest BCUT2D eigenvalue weighted by atomic mass is 9.80. The number of hydrogen-bond acceptors (Lipinski definition) is 2. The van der Waals surface area contributed by atoms with Gasteiger partial charge in [0.1, 0.15) is 5.75 Å². The zero-order valence-electron chi connectivity index (χ0n) is 13.4. The van der Waals surface area contributed by atoms with Crippen molar-refractivity contribution in [1.29, 1.82) is 0 Å². The number of ether oxygens (including phenoxy) is 1. The Morgan fingerprint density at radius 1 is 1.09 bits per heavy atom. The number of carbonyl (C=O) groups excluding carboxylic acids is 1. The van der Waals surface area contributed by atoms with Gasteiger partial charge >= 0.3 is 0 Å². The number of methoxy groups -OCH3 is 1. The van der Waals surface area contributed by atoms with Crippen molar-refractivity contribution < 1.29 is 9.53 Å². The van der Waals surface area contributed by atoms with Gasteiger partial charge in [-0.05, 0) is 66.6 Å². The first-order valence-electron chi connectivity index (χ1n) is 8.35. The molecule has 2 aromatic carbocycles. The Balaban J connectivity index is 1.58. The lowest BCUT2D eigenvalue weighted by Gasteiger charge is -2.30. The molecule has 3 nitrogen and oxygen atoms in total. The Kier molecular flexibility index (Phi) is 3.56.